The third kappa shape index (κ3) is 4.47. The van der Waals surface area contributed by atoms with Gasteiger partial charge in [0.1, 0.15) is 5.60 Å². The first-order valence-corrected chi connectivity index (χ1v) is 8.06. The molecule has 1 fully saturated rings. The van der Waals surface area contributed by atoms with Crippen molar-refractivity contribution in [1.29, 1.82) is 0 Å². The van der Waals surface area contributed by atoms with E-state index in [2.05, 4.69) is 31.2 Å². The summed E-state index contributed by atoms with van der Waals surface area (Å²) >= 11 is 0. The normalized spacial score (nSPS) is 18.1. The molecule has 0 radical (unpaired) electrons. The van der Waals surface area contributed by atoms with E-state index in [9.17, 15) is 4.79 Å². The van der Waals surface area contributed by atoms with Crippen LogP contribution in [-0.2, 0) is 4.74 Å². The van der Waals surface area contributed by atoms with Crippen molar-refractivity contribution < 1.29 is 9.53 Å². The lowest BCUT2D eigenvalue weighted by atomic mass is 9.85. The Bertz CT molecular complexity index is 514. The molecule has 0 aromatic heterocycles. The van der Waals surface area contributed by atoms with E-state index in [0.29, 0.717) is 5.92 Å². The van der Waals surface area contributed by atoms with E-state index >= 15 is 0 Å². The lowest BCUT2D eigenvalue weighted by Gasteiger charge is -2.35. The number of benzene rings is 1. The number of nitrogens with zero attached hydrogens (tertiary/aromatic N) is 1. The molecule has 0 saturated carbocycles. The maximum absolute atomic E-state index is 12.1. The Morgan fingerprint density at radius 2 is 1.95 bits per heavy atom. The maximum atomic E-state index is 12.1. The number of nitrogens with two attached hydrogens (primary N) is 1. The van der Waals surface area contributed by atoms with Crippen LogP contribution in [0, 0.1) is 12.8 Å². The van der Waals surface area contributed by atoms with Crippen molar-refractivity contribution in [2.75, 3.05) is 13.1 Å². The fraction of sp³-hybridized carbons (Fsp3) is 0.611. The number of hydrogen-bond acceptors (Lipinski definition) is 3. The van der Waals surface area contributed by atoms with Crippen LogP contribution in [0.1, 0.15) is 50.8 Å². The molecule has 2 N–H and O–H groups in total. The van der Waals surface area contributed by atoms with Crippen LogP contribution < -0.4 is 5.73 Å². The standard InChI is InChI=1S/C18H28N2O2/c1-13-6-5-7-15(12-13)16(19)14-8-10-20(11-9-14)17(21)22-18(2,3)4/h5-7,12,14,16H,8-11,19H2,1-4H3. The minimum atomic E-state index is -0.439. The average molecular weight is 304 g/mol. The van der Waals surface area contributed by atoms with Crippen LogP contribution in [0.25, 0.3) is 0 Å². The van der Waals surface area contributed by atoms with E-state index in [1.54, 1.807) is 4.90 Å². The largest absolute Gasteiger partial charge is 0.444 e. The number of rotatable bonds is 2. The second-order valence-electron chi connectivity index (χ2n) is 7.24. The fourth-order valence-electron chi connectivity index (χ4n) is 2.92. The third-order valence-electron chi connectivity index (χ3n) is 4.13. The van der Waals surface area contributed by atoms with E-state index < -0.39 is 5.60 Å². The molecule has 0 spiro atoms. The SMILES string of the molecule is Cc1cccc(C(N)C2CCN(C(=O)OC(C)(C)C)CC2)c1. The molecule has 0 aliphatic carbocycles. The number of carbonyl (C=O) groups excluding carboxylic acids is 1. The molecule has 4 nitrogen and oxygen atoms in total. The minimum absolute atomic E-state index is 0.0423. The van der Waals surface area contributed by atoms with Crippen LogP contribution in [0.4, 0.5) is 4.79 Å². The van der Waals surface area contributed by atoms with Crippen molar-refractivity contribution in [2.45, 2.75) is 52.2 Å². The highest BCUT2D eigenvalue weighted by Gasteiger charge is 2.29. The van der Waals surface area contributed by atoms with Gasteiger partial charge in [-0.05, 0) is 52.0 Å². The lowest BCUT2D eigenvalue weighted by Crippen LogP contribution is -2.43. The Morgan fingerprint density at radius 1 is 1.32 bits per heavy atom. The Kier molecular flexibility index (Phi) is 5.12. The summed E-state index contributed by atoms with van der Waals surface area (Å²) in [4.78, 5) is 13.9. The molecule has 0 bridgehead atoms. The van der Waals surface area contributed by atoms with Crippen LogP contribution >= 0.6 is 0 Å². The first-order valence-electron chi connectivity index (χ1n) is 8.06. The van der Waals surface area contributed by atoms with Gasteiger partial charge in [-0.15, -0.1) is 0 Å². The summed E-state index contributed by atoms with van der Waals surface area (Å²) in [6, 6.07) is 8.44. The van der Waals surface area contributed by atoms with Crippen molar-refractivity contribution in [1.82, 2.24) is 4.90 Å². The summed E-state index contributed by atoms with van der Waals surface area (Å²) in [6.07, 6.45) is 1.64. The quantitative estimate of drug-likeness (QED) is 0.907. The first kappa shape index (κ1) is 16.8. The molecule has 1 aliphatic rings. The zero-order valence-corrected chi connectivity index (χ0v) is 14.1. The van der Waals surface area contributed by atoms with E-state index in [1.807, 2.05) is 20.8 Å². The Hall–Kier alpha value is -1.55. The van der Waals surface area contributed by atoms with Crippen LogP contribution in [0.15, 0.2) is 24.3 Å². The number of likely N-dealkylation sites (tertiary alicyclic amines) is 1. The van der Waals surface area contributed by atoms with Gasteiger partial charge in [-0.25, -0.2) is 4.79 Å². The molecule has 1 unspecified atom stereocenters. The monoisotopic (exact) mass is 304 g/mol. The van der Waals surface area contributed by atoms with Gasteiger partial charge in [0, 0.05) is 19.1 Å². The maximum Gasteiger partial charge on any atom is 0.410 e. The van der Waals surface area contributed by atoms with Gasteiger partial charge in [0.05, 0.1) is 0 Å². The van der Waals surface area contributed by atoms with E-state index in [0.717, 1.165) is 25.9 Å². The number of amides is 1. The van der Waals surface area contributed by atoms with Crippen LogP contribution in [0.5, 0.6) is 0 Å². The Balaban J connectivity index is 1.90. The molecular formula is C18H28N2O2. The predicted molar refractivity (Wildman–Crippen MR) is 88.6 cm³/mol. The van der Waals surface area contributed by atoms with Crippen molar-refractivity contribution in [2.24, 2.45) is 11.7 Å². The highest BCUT2D eigenvalue weighted by Crippen LogP contribution is 2.29. The van der Waals surface area contributed by atoms with Gasteiger partial charge in [0.25, 0.3) is 0 Å². The van der Waals surface area contributed by atoms with Crippen molar-refractivity contribution in [3.8, 4) is 0 Å². The number of carbonyl (C=O) groups is 1. The van der Waals surface area contributed by atoms with Gasteiger partial charge >= 0.3 is 6.09 Å². The van der Waals surface area contributed by atoms with Crippen LogP contribution in [0.2, 0.25) is 0 Å². The number of piperidine rings is 1. The topological polar surface area (TPSA) is 55.6 Å². The Morgan fingerprint density at radius 3 is 2.50 bits per heavy atom. The van der Waals surface area contributed by atoms with Gasteiger partial charge in [-0.2, -0.15) is 0 Å². The molecule has 1 aliphatic heterocycles. The highest BCUT2D eigenvalue weighted by molar-refractivity contribution is 5.68. The third-order valence-corrected chi connectivity index (χ3v) is 4.13. The number of aryl methyl sites for hydroxylation is 1. The molecule has 2 rings (SSSR count). The predicted octanol–water partition coefficient (Wildman–Crippen LogP) is 3.64. The molecule has 1 atom stereocenters. The molecule has 1 saturated heterocycles. The summed E-state index contributed by atoms with van der Waals surface area (Å²) in [5.41, 5.74) is 8.41. The minimum Gasteiger partial charge on any atom is -0.444 e. The van der Waals surface area contributed by atoms with Gasteiger partial charge in [0.2, 0.25) is 0 Å². The zero-order valence-electron chi connectivity index (χ0n) is 14.1. The highest BCUT2D eigenvalue weighted by atomic mass is 16.6. The van der Waals surface area contributed by atoms with Gasteiger partial charge in [0.15, 0.2) is 0 Å². The number of ether oxygens (including phenoxy) is 1. The first-order chi connectivity index (χ1) is 10.3. The molecule has 122 valence electrons. The summed E-state index contributed by atoms with van der Waals surface area (Å²) in [5.74, 6) is 0.417. The molecule has 1 aromatic carbocycles. The molecule has 1 amide bonds. The zero-order chi connectivity index (χ0) is 16.3. The van der Waals surface area contributed by atoms with Gasteiger partial charge in [-0.3, -0.25) is 0 Å². The summed E-state index contributed by atoms with van der Waals surface area (Å²) in [5, 5.41) is 0. The smallest absolute Gasteiger partial charge is 0.410 e. The second-order valence-corrected chi connectivity index (χ2v) is 7.24. The van der Waals surface area contributed by atoms with Crippen molar-refractivity contribution >= 4 is 6.09 Å². The summed E-state index contributed by atoms with van der Waals surface area (Å²) in [6.45, 7) is 9.21. The van der Waals surface area contributed by atoms with E-state index in [4.69, 9.17) is 10.5 Å². The molecule has 22 heavy (non-hydrogen) atoms. The molecule has 1 aromatic rings. The molecule has 1 heterocycles. The molecular weight excluding hydrogens is 276 g/mol. The summed E-state index contributed by atoms with van der Waals surface area (Å²) < 4.78 is 5.43. The molecule has 4 heteroatoms. The van der Waals surface area contributed by atoms with Crippen molar-refractivity contribution in [3.63, 3.8) is 0 Å². The van der Waals surface area contributed by atoms with Crippen molar-refractivity contribution in [3.05, 3.63) is 35.4 Å². The number of hydrogen-bond donors (Lipinski definition) is 1. The average Bonchev–Trinajstić information content (AvgIpc) is 2.45. The van der Waals surface area contributed by atoms with Gasteiger partial charge < -0.3 is 15.4 Å². The van der Waals surface area contributed by atoms with E-state index in [-0.39, 0.29) is 12.1 Å². The van der Waals surface area contributed by atoms with Gasteiger partial charge in [-0.1, -0.05) is 29.8 Å². The second kappa shape index (κ2) is 6.69. The Labute approximate surface area is 133 Å². The van der Waals surface area contributed by atoms with E-state index in [1.165, 1.54) is 11.1 Å². The van der Waals surface area contributed by atoms with Crippen LogP contribution in [0.3, 0.4) is 0 Å². The van der Waals surface area contributed by atoms with Crippen LogP contribution in [-0.4, -0.2) is 29.7 Å². The lowest BCUT2D eigenvalue weighted by molar-refractivity contribution is 0.0174. The fourth-order valence-corrected chi connectivity index (χ4v) is 2.92. The summed E-state index contributed by atoms with van der Waals surface area (Å²) in [7, 11) is 0.